The molecule has 0 atom stereocenters. The molecular weight excluding hydrogens is 238 g/mol. The van der Waals surface area contributed by atoms with Crippen LogP contribution in [-0.4, -0.2) is 17.3 Å². The van der Waals surface area contributed by atoms with Crippen LogP contribution in [0.15, 0.2) is 24.3 Å². The highest BCUT2D eigenvalue weighted by atomic mass is 32.1. The summed E-state index contributed by atoms with van der Waals surface area (Å²) in [5.41, 5.74) is 0.793. The van der Waals surface area contributed by atoms with E-state index in [1.54, 1.807) is 6.07 Å². The van der Waals surface area contributed by atoms with E-state index in [0.717, 1.165) is 17.7 Å². The number of hydrogen-bond acceptors (Lipinski definition) is 4. The van der Waals surface area contributed by atoms with Crippen molar-refractivity contribution >= 4 is 24.4 Å². The van der Waals surface area contributed by atoms with Crippen molar-refractivity contribution < 1.29 is 9.66 Å². The van der Waals surface area contributed by atoms with Crippen molar-refractivity contribution in [3.63, 3.8) is 0 Å². The maximum Gasteiger partial charge on any atom is 0.270 e. The van der Waals surface area contributed by atoms with E-state index in [2.05, 4.69) is 12.6 Å². The van der Waals surface area contributed by atoms with Crippen LogP contribution < -0.4 is 4.74 Å². The maximum absolute atomic E-state index is 10.7. The molecule has 0 spiro atoms. The van der Waals surface area contributed by atoms with Crippen LogP contribution in [0.1, 0.15) is 18.9 Å². The fourth-order valence-corrected chi connectivity index (χ4v) is 1.50. The number of nitrogens with zero attached hydrogens (tertiary/aromatic N) is 1. The molecule has 0 aromatic heterocycles. The summed E-state index contributed by atoms with van der Waals surface area (Å²) >= 11 is 4.10. The van der Waals surface area contributed by atoms with Gasteiger partial charge in [0.25, 0.3) is 5.69 Å². The Morgan fingerprint density at radius 1 is 1.53 bits per heavy atom. The van der Waals surface area contributed by atoms with Gasteiger partial charge in [0.15, 0.2) is 0 Å². The van der Waals surface area contributed by atoms with Gasteiger partial charge < -0.3 is 4.74 Å². The molecule has 0 radical (unpaired) electrons. The Labute approximate surface area is 106 Å². The lowest BCUT2D eigenvalue weighted by Gasteiger charge is -2.06. The van der Waals surface area contributed by atoms with Crippen LogP contribution in [0.3, 0.4) is 0 Å². The van der Waals surface area contributed by atoms with E-state index in [4.69, 9.17) is 4.74 Å². The molecular formula is C12H15NO3S. The Balaban J connectivity index is 3.02. The first-order valence-corrected chi connectivity index (χ1v) is 6.01. The van der Waals surface area contributed by atoms with Crippen LogP contribution in [0.4, 0.5) is 5.69 Å². The van der Waals surface area contributed by atoms with Gasteiger partial charge in [-0.2, -0.15) is 12.6 Å². The second-order valence-electron chi connectivity index (χ2n) is 3.33. The zero-order valence-electron chi connectivity index (χ0n) is 9.63. The fraction of sp³-hybridized carbons (Fsp3) is 0.333. The maximum atomic E-state index is 10.7. The first kappa shape index (κ1) is 13.6. The smallest absolute Gasteiger partial charge is 0.270 e. The van der Waals surface area contributed by atoms with E-state index in [0.29, 0.717) is 12.4 Å². The van der Waals surface area contributed by atoms with Crippen molar-refractivity contribution in [2.75, 3.05) is 12.4 Å². The van der Waals surface area contributed by atoms with Gasteiger partial charge in [-0.15, -0.1) is 0 Å². The van der Waals surface area contributed by atoms with Crippen LogP contribution in [0.25, 0.3) is 6.08 Å². The number of hydrogen-bond donors (Lipinski definition) is 1. The molecule has 0 N–H and O–H groups in total. The first-order valence-electron chi connectivity index (χ1n) is 5.37. The largest absolute Gasteiger partial charge is 0.493 e. The molecule has 1 aromatic carbocycles. The van der Waals surface area contributed by atoms with E-state index in [9.17, 15) is 10.1 Å². The second kappa shape index (κ2) is 6.96. The second-order valence-corrected chi connectivity index (χ2v) is 3.77. The summed E-state index contributed by atoms with van der Waals surface area (Å²) < 4.78 is 5.41. The molecule has 0 bridgehead atoms. The minimum atomic E-state index is -0.411. The molecule has 92 valence electrons. The van der Waals surface area contributed by atoms with Crippen LogP contribution in [-0.2, 0) is 0 Å². The van der Waals surface area contributed by atoms with Crippen molar-refractivity contribution in [2.24, 2.45) is 0 Å². The van der Waals surface area contributed by atoms with Crippen molar-refractivity contribution in [3.05, 3.63) is 40.0 Å². The van der Waals surface area contributed by atoms with Gasteiger partial charge in [-0.1, -0.05) is 12.2 Å². The molecule has 0 aliphatic rings. The predicted molar refractivity (Wildman–Crippen MR) is 71.8 cm³/mol. The lowest BCUT2D eigenvalue weighted by molar-refractivity contribution is -0.384. The number of non-ortho nitro benzene ring substituents is 1. The minimum Gasteiger partial charge on any atom is -0.493 e. The quantitative estimate of drug-likeness (QED) is 0.480. The highest BCUT2D eigenvalue weighted by Crippen LogP contribution is 2.25. The summed E-state index contributed by atoms with van der Waals surface area (Å²) in [5.74, 6) is 1.41. The van der Waals surface area contributed by atoms with Crippen LogP contribution in [0.2, 0.25) is 0 Å². The van der Waals surface area contributed by atoms with Crippen LogP contribution >= 0.6 is 12.6 Å². The first-order chi connectivity index (χ1) is 8.19. The van der Waals surface area contributed by atoms with E-state index in [1.165, 1.54) is 12.1 Å². The van der Waals surface area contributed by atoms with Crippen molar-refractivity contribution in [2.45, 2.75) is 13.3 Å². The summed E-state index contributed by atoms with van der Waals surface area (Å²) in [6.07, 6.45) is 4.57. The Bertz CT molecular complexity index is 418. The Hall–Kier alpha value is -1.49. The fourth-order valence-electron chi connectivity index (χ4n) is 1.35. The van der Waals surface area contributed by atoms with Gasteiger partial charge in [-0.25, -0.2) is 0 Å². The van der Waals surface area contributed by atoms with Gasteiger partial charge in [0.1, 0.15) is 5.75 Å². The Morgan fingerprint density at radius 3 is 2.88 bits per heavy atom. The summed E-state index contributed by atoms with van der Waals surface area (Å²) in [5, 5.41) is 10.7. The molecule has 0 aliphatic heterocycles. The Morgan fingerprint density at radius 2 is 2.29 bits per heavy atom. The van der Waals surface area contributed by atoms with E-state index in [1.807, 2.05) is 19.1 Å². The number of ether oxygens (including phenoxy) is 1. The molecule has 0 amide bonds. The summed E-state index contributed by atoms with van der Waals surface area (Å²) in [7, 11) is 0. The van der Waals surface area contributed by atoms with Crippen molar-refractivity contribution in [3.8, 4) is 5.75 Å². The van der Waals surface area contributed by atoms with Gasteiger partial charge in [0.2, 0.25) is 0 Å². The number of benzene rings is 1. The molecule has 0 heterocycles. The Kier molecular flexibility index (Phi) is 5.56. The zero-order valence-corrected chi connectivity index (χ0v) is 10.5. The predicted octanol–water partition coefficient (Wildman–Crippen LogP) is 3.33. The van der Waals surface area contributed by atoms with Crippen molar-refractivity contribution in [1.29, 1.82) is 0 Å². The zero-order chi connectivity index (χ0) is 12.7. The molecule has 0 saturated heterocycles. The lowest BCUT2D eigenvalue weighted by atomic mass is 10.1. The molecule has 0 aliphatic carbocycles. The molecule has 0 saturated carbocycles. The number of nitro benzene ring substituents is 1. The van der Waals surface area contributed by atoms with Gasteiger partial charge >= 0.3 is 0 Å². The molecule has 0 unspecified atom stereocenters. The number of nitro groups is 1. The number of rotatable bonds is 6. The van der Waals surface area contributed by atoms with Crippen LogP contribution in [0.5, 0.6) is 5.75 Å². The lowest BCUT2D eigenvalue weighted by Crippen LogP contribution is -1.95. The molecule has 5 heteroatoms. The average Bonchev–Trinajstić information content (AvgIpc) is 2.31. The summed E-state index contributed by atoms with van der Waals surface area (Å²) in [6.45, 7) is 2.41. The molecule has 1 aromatic rings. The number of allylic oxidation sites excluding steroid dienone is 1. The van der Waals surface area contributed by atoms with Gasteiger partial charge in [0.05, 0.1) is 11.5 Å². The van der Waals surface area contributed by atoms with E-state index < -0.39 is 4.92 Å². The van der Waals surface area contributed by atoms with Crippen LogP contribution in [0, 0.1) is 10.1 Å². The van der Waals surface area contributed by atoms with Gasteiger partial charge in [-0.3, -0.25) is 10.1 Å². The third kappa shape index (κ3) is 4.11. The normalized spacial score (nSPS) is 10.7. The van der Waals surface area contributed by atoms with Gasteiger partial charge in [0, 0.05) is 17.7 Å². The van der Waals surface area contributed by atoms with E-state index >= 15 is 0 Å². The third-order valence-corrected chi connectivity index (χ3v) is 2.36. The summed E-state index contributed by atoms with van der Waals surface area (Å²) in [6, 6.07) is 4.59. The molecule has 4 nitrogen and oxygen atoms in total. The molecule has 17 heavy (non-hydrogen) atoms. The highest BCUT2D eigenvalue weighted by Gasteiger charge is 2.09. The average molecular weight is 253 g/mol. The van der Waals surface area contributed by atoms with Crippen molar-refractivity contribution in [1.82, 2.24) is 0 Å². The summed E-state index contributed by atoms with van der Waals surface area (Å²) in [4.78, 5) is 10.3. The highest BCUT2D eigenvalue weighted by molar-refractivity contribution is 7.80. The molecule has 1 rings (SSSR count). The topological polar surface area (TPSA) is 52.4 Å². The third-order valence-electron chi connectivity index (χ3n) is 2.10. The van der Waals surface area contributed by atoms with Gasteiger partial charge in [-0.05, 0) is 25.2 Å². The standard InChI is InChI=1S/C12H15NO3S/c1-2-16-12-7-6-11(13(14)15)9-10(12)5-3-4-8-17/h3,5-7,9,17H,2,4,8H2,1H3. The minimum absolute atomic E-state index is 0.0685. The monoisotopic (exact) mass is 253 g/mol. The number of thiol groups is 1. The van der Waals surface area contributed by atoms with E-state index in [-0.39, 0.29) is 5.69 Å². The SMILES string of the molecule is CCOc1ccc([N+](=O)[O-])cc1C=CCCS. The molecule has 0 fully saturated rings.